The maximum Gasteiger partial charge on any atom is 0.224 e. The monoisotopic (exact) mass is 453 g/mol. The first-order chi connectivity index (χ1) is 11.5. The molecule has 2 rings (SSSR count). The van der Waals surface area contributed by atoms with Crippen LogP contribution in [0.2, 0.25) is 0 Å². The molecule has 0 bridgehead atoms. The Bertz CT molecular complexity index is 717. The van der Waals surface area contributed by atoms with Crippen LogP contribution in [0.5, 0.6) is 5.75 Å². The predicted molar refractivity (Wildman–Crippen MR) is 106 cm³/mol. The second kappa shape index (κ2) is 9.23. The third-order valence-electron chi connectivity index (χ3n) is 3.61. The minimum Gasteiger partial charge on any atom is -0.492 e. The third kappa shape index (κ3) is 5.64. The number of rotatable bonds is 7. The summed E-state index contributed by atoms with van der Waals surface area (Å²) in [5, 5.41) is 2.93. The molecule has 1 N–H and O–H groups in total. The summed E-state index contributed by atoms with van der Waals surface area (Å²) in [7, 11) is 0. The largest absolute Gasteiger partial charge is 0.492 e. The van der Waals surface area contributed by atoms with Crippen LogP contribution >= 0.6 is 31.9 Å². The van der Waals surface area contributed by atoms with E-state index in [2.05, 4.69) is 44.1 Å². The number of aryl methyl sites for hydroxylation is 2. The van der Waals surface area contributed by atoms with Crippen molar-refractivity contribution in [3.05, 3.63) is 56.5 Å². The van der Waals surface area contributed by atoms with Crippen molar-refractivity contribution in [3.63, 3.8) is 0 Å². The highest BCUT2D eigenvalue weighted by atomic mass is 79.9. The van der Waals surface area contributed by atoms with Gasteiger partial charge >= 0.3 is 0 Å². The summed E-state index contributed by atoms with van der Waals surface area (Å²) in [4.78, 5) is 12.0. The van der Waals surface area contributed by atoms with Gasteiger partial charge < -0.3 is 10.1 Å². The standard InChI is InChI=1S/C19H21Br2NO2/c1-3-14-7-8-17(15(20)12-14)22-19(23)5-4-10-24-18-9-6-13(2)11-16(18)21/h6-9,11-12H,3-5,10H2,1-2H3,(H,22,23). The number of carbonyl (C=O) groups excluding carboxylic acids is 1. The van der Waals surface area contributed by atoms with E-state index in [1.165, 1.54) is 11.1 Å². The van der Waals surface area contributed by atoms with Gasteiger partial charge in [0.05, 0.1) is 16.8 Å². The number of hydrogen-bond donors (Lipinski definition) is 1. The smallest absolute Gasteiger partial charge is 0.224 e. The SMILES string of the molecule is CCc1ccc(NC(=O)CCCOc2ccc(C)cc2Br)c(Br)c1. The van der Waals surface area contributed by atoms with Crippen LogP contribution in [-0.4, -0.2) is 12.5 Å². The Morgan fingerprint density at radius 3 is 2.58 bits per heavy atom. The molecular formula is C19H21Br2NO2. The Balaban J connectivity index is 1.77. The lowest BCUT2D eigenvalue weighted by atomic mass is 10.1. The lowest BCUT2D eigenvalue weighted by Gasteiger charge is -2.10. The first-order valence-corrected chi connectivity index (χ1v) is 9.55. The molecule has 0 heterocycles. The third-order valence-corrected chi connectivity index (χ3v) is 4.88. The van der Waals surface area contributed by atoms with Crippen LogP contribution in [0, 0.1) is 6.92 Å². The Hall–Kier alpha value is -1.33. The van der Waals surface area contributed by atoms with Crippen molar-refractivity contribution in [2.75, 3.05) is 11.9 Å². The highest BCUT2D eigenvalue weighted by Crippen LogP contribution is 2.26. The molecule has 0 spiro atoms. The second-order valence-corrected chi connectivity index (χ2v) is 7.31. The van der Waals surface area contributed by atoms with Crippen molar-refractivity contribution in [2.24, 2.45) is 0 Å². The van der Waals surface area contributed by atoms with Gasteiger partial charge in [0.25, 0.3) is 0 Å². The highest BCUT2D eigenvalue weighted by molar-refractivity contribution is 9.11. The molecule has 0 aromatic heterocycles. The fourth-order valence-corrected chi connectivity index (χ4v) is 3.36. The van der Waals surface area contributed by atoms with Gasteiger partial charge in [-0.3, -0.25) is 4.79 Å². The number of benzene rings is 2. The lowest BCUT2D eigenvalue weighted by molar-refractivity contribution is -0.116. The molecule has 0 saturated carbocycles. The van der Waals surface area contributed by atoms with Crippen molar-refractivity contribution >= 4 is 43.5 Å². The number of anilines is 1. The quantitative estimate of drug-likeness (QED) is 0.530. The van der Waals surface area contributed by atoms with Gasteiger partial charge in [0.1, 0.15) is 5.75 Å². The first kappa shape index (κ1) is 19.0. The van der Waals surface area contributed by atoms with Crippen molar-refractivity contribution in [3.8, 4) is 5.75 Å². The van der Waals surface area contributed by atoms with Crippen molar-refractivity contribution in [1.29, 1.82) is 0 Å². The predicted octanol–water partition coefficient (Wildman–Crippen LogP) is 5.88. The van der Waals surface area contributed by atoms with Crippen LogP contribution in [0.4, 0.5) is 5.69 Å². The van der Waals surface area contributed by atoms with Crippen LogP contribution in [-0.2, 0) is 11.2 Å². The Labute approximate surface area is 160 Å². The lowest BCUT2D eigenvalue weighted by Crippen LogP contribution is -2.13. The zero-order chi connectivity index (χ0) is 17.5. The number of hydrogen-bond acceptors (Lipinski definition) is 2. The molecule has 0 atom stereocenters. The van der Waals surface area contributed by atoms with Gasteiger partial charge in [0.2, 0.25) is 5.91 Å². The Morgan fingerprint density at radius 2 is 1.92 bits per heavy atom. The molecule has 0 fully saturated rings. The van der Waals surface area contributed by atoms with Gasteiger partial charge in [0, 0.05) is 10.9 Å². The minimum absolute atomic E-state index is 0.00785. The van der Waals surface area contributed by atoms with E-state index >= 15 is 0 Å². The van der Waals surface area contributed by atoms with Gasteiger partial charge in [0.15, 0.2) is 0 Å². The molecule has 2 aromatic carbocycles. The fourth-order valence-electron chi connectivity index (χ4n) is 2.23. The van der Waals surface area contributed by atoms with Gasteiger partial charge in [-0.05, 0) is 87.0 Å². The van der Waals surface area contributed by atoms with E-state index in [1.54, 1.807) is 0 Å². The van der Waals surface area contributed by atoms with Crippen LogP contribution < -0.4 is 10.1 Å². The summed E-state index contributed by atoms with van der Waals surface area (Å²) in [5.74, 6) is 0.797. The molecule has 128 valence electrons. The number of amides is 1. The van der Waals surface area contributed by atoms with E-state index in [0.29, 0.717) is 19.4 Å². The molecule has 0 saturated heterocycles. The molecule has 0 aliphatic carbocycles. The van der Waals surface area contributed by atoms with E-state index in [0.717, 1.165) is 26.8 Å². The molecule has 5 heteroatoms. The summed E-state index contributed by atoms with van der Waals surface area (Å²) in [6, 6.07) is 11.9. The van der Waals surface area contributed by atoms with Crippen LogP contribution in [0.25, 0.3) is 0 Å². The molecule has 0 unspecified atom stereocenters. The van der Waals surface area contributed by atoms with Gasteiger partial charge in [-0.15, -0.1) is 0 Å². The van der Waals surface area contributed by atoms with E-state index in [9.17, 15) is 4.79 Å². The molecular weight excluding hydrogens is 434 g/mol. The average Bonchev–Trinajstić information content (AvgIpc) is 2.55. The van der Waals surface area contributed by atoms with E-state index in [1.807, 2.05) is 43.3 Å². The number of ether oxygens (including phenoxy) is 1. The summed E-state index contributed by atoms with van der Waals surface area (Å²) >= 11 is 6.98. The maximum atomic E-state index is 12.0. The molecule has 0 aliphatic rings. The van der Waals surface area contributed by atoms with Gasteiger partial charge in [-0.25, -0.2) is 0 Å². The normalized spacial score (nSPS) is 10.5. The zero-order valence-electron chi connectivity index (χ0n) is 13.9. The Kier molecular flexibility index (Phi) is 7.31. The number of nitrogens with one attached hydrogen (secondary N) is 1. The topological polar surface area (TPSA) is 38.3 Å². The van der Waals surface area contributed by atoms with Crippen molar-refractivity contribution in [2.45, 2.75) is 33.1 Å². The highest BCUT2D eigenvalue weighted by Gasteiger charge is 2.07. The number of carbonyl (C=O) groups is 1. The van der Waals surface area contributed by atoms with Crippen LogP contribution in [0.15, 0.2) is 45.3 Å². The summed E-state index contributed by atoms with van der Waals surface area (Å²) in [5.41, 5.74) is 3.21. The first-order valence-electron chi connectivity index (χ1n) is 7.97. The van der Waals surface area contributed by atoms with Crippen LogP contribution in [0.1, 0.15) is 30.9 Å². The molecule has 3 nitrogen and oxygen atoms in total. The van der Waals surface area contributed by atoms with Crippen LogP contribution in [0.3, 0.4) is 0 Å². The molecule has 24 heavy (non-hydrogen) atoms. The van der Waals surface area contributed by atoms with E-state index in [4.69, 9.17) is 4.74 Å². The second-order valence-electron chi connectivity index (χ2n) is 5.60. The van der Waals surface area contributed by atoms with Crippen molar-refractivity contribution < 1.29 is 9.53 Å². The fraction of sp³-hybridized carbons (Fsp3) is 0.316. The summed E-state index contributed by atoms with van der Waals surface area (Å²) < 4.78 is 7.56. The molecule has 2 aromatic rings. The van der Waals surface area contributed by atoms with Gasteiger partial charge in [-0.1, -0.05) is 19.1 Å². The molecule has 0 radical (unpaired) electrons. The zero-order valence-corrected chi connectivity index (χ0v) is 17.0. The minimum atomic E-state index is -0.00785. The summed E-state index contributed by atoms with van der Waals surface area (Å²) in [6.07, 6.45) is 2.06. The van der Waals surface area contributed by atoms with E-state index < -0.39 is 0 Å². The maximum absolute atomic E-state index is 12.0. The Morgan fingerprint density at radius 1 is 1.12 bits per heavy atom. The van der Waals surface area contributed by atoms with E-state index in [-0.39, 0.29) is 5.91 Å². The number of halogens is 2. The molecule has 0 aliphatic heterocycles. The summed E-state index contributed by atoms with van der Waals surface area (Å²) in [6.45, 7) is 4.64. The average molecular weight is 455 g/mol. The van der Waals surface area contributed by atoms with Gasteiger partial charge in [-0.2, -0.15) is 0 Å². The van der Waals surface area contributed by atoms with Crippen molar-refractivity contribution in [1.82, 2.24) is 0 Å². The molecule has 1 amide bonds.